The van der Waals surface area contributed by atoms with Crippen molar-refractivity contribution >= 4 is 11.7 Å². The quantitative estimate of drug-likeness (QED) is 0.668. The number of carboxylic acids is 1. The van der Waals surface area contributed by atoms with Gasteiger partial charge < -0.3 is 20.3 Å². The van der Waals surface area contributed by atoms with Gasteiger partial charge in [0.25, 0.3) is 0 Å². The van der Waals surface area contributed by atoms with E-state index in [9.17, 15) is 9.90 Å². The molecule has 0 radical (unpaired) electrons. The van der Waals surface area contributed by atoms with Gasteiger partial charge in [-0.3, -0.25) is 4.79 Å². The summed E-state index contributed by atoms with van der Waals surface area (Å²) in [6.45, 7) is -0.189. The second-order valence-electron chi connectivity index (χ2n) is 2.63. The summed E-state index contributed by atoms with van der Waals surface area (Å²) in [5.41, 5.74) is 0.533. The summed E-state index contributed by atoms with van der Waals surface area (Å²) in [6, 6.07) is 4.59. The Balaban J connectivity index is 2.71. The van der Waals surface area contributed by atoms with Gasteiger partial charge in [-0.1, -0.05) is 0 Å². The van der Waals surface area contributed by atoms with Crippen LogP contribution in [-0.4, -0.2) is 29.8 Å². The SMILES string of the molecule is COc1ccc(NCC(=O)O)cc1O. The smallest absolute Gasteiger partial charge is 0.322 e. The minimum Gasteiger partial charge on any atom is -0.504 e. The van der Waals surface area contributed by atoms with Crippen LogP contribution in [0.4, 0.5) is 5.69 Å². The number of aliphatic carboxylic acids is 1. The first kappa shape index (κ1) is 10.2. The van der Waals surface area contributed by atoms with Crippen LogP contribution in [0.3, 0.4) is 0 Å². The van der Waals surface area contributed by atoms with Crippen LogP contribution in [0, 0.1) is 0 Å². The van der Waals surface area contributed by atoms with E-state index in [0.29, 0.717) is 11.4 Å². The number of phenolic OH excluding ortho intramolecular Hbond substituents is 1. The normalized spacial score (nSPS) is 9.50. The molecule has 0 aliphatic rings. The summed E-state index contributed by atoms with van der Waals surface area (Å²) in [5.74, 6) is -0.630. The summed E-state index contributed by atoms with van der Waals surface area (Å²) in [4.78, 5) is 10.2. The van der Waals surface area contributed by atoms with Crippen molar-refractivity contribution in [3.8, 4) is 11.5 Å². The highest BCUT2D eigenvalue weighted by atomic mass is 16.5. The minimum atomic E-state index is -0.958. The number of carboxylic acid groups (broad SMARTS) is 1. The molecule has 0 atom stereocenters. The van der Waals surface area contributed by atoms with E-state index in [2.05, 4.69) is 5.32 Å². The van der Waals surface area contributed by atoms with Crippen LogP contribution < -0.4 is 10.1 Å². The van der Waals surface area contributed by atoms with Gasteiger partial charge in [-0.15, -0.1) is 0 Å². The van der Waals surface area contributed by atoms with E-state index in [1.165, 1.54) is 13.2 Å². The number of benzene rings is 1. The molecule has 0 saturated heterocycles. The summed E-state index contributed by atoms with van der Waals surface area (Å²) in [6.07, 6.45) is 0. The predicted octanol–water partition coefficient (Wildman–Crippen LogP) is 0.897. The van der Waals surface area contributed by atoms with Crippen LogP contribution in [0.5, 0.6) is 11.5 Å². The Morgan fingerprint density at radius 3 is 2.79 bits per heavy atom. The first-order chi connectivity index (χ1) is 6.63. The lowest BCUT2D eigenvalue weighted by Gasteiger charge is -2.06. The van der Waals surface area contributed by atoms with Gasteiger partial charge in [0.2, 0.25) is 0 Å². The number of carbonyl (C=O) groups is 1. The van der Waals surface area contributed by atoms with Gasteiger partial charge in [-0.05, 0) is 12.1 Å². The monoisotopic (exact) mass is 197 g/mol. The number of hydrogen-bond acceptors (Lipinski definition) is 4. The molecule has 3 N–H and O–H groups in total. The van der Waals surface area contributed by atoms with E-state index in [0.717, 1.165) is 0 Å². The second-order valence-corrected chi connectivity index (χ2v) is 2.63. The van der Waals surface area contributed by atoms with Gasteiger partial charge in [0.1, 0.15) is 6.54 Å². The van der Waals surface area contributed by atoms with Crippen molar-refractivity contribution in [1.29, 1.82) is 0 Å². The molecule has 0 amide bonds. The highest BCUT2D eigenvalue weighted by Gasteiger charge is 2.02. The fourth-order valence-corrected chi connectivity index (χ4v) is 0.978. The van der Waals surface area contributed by atoms with Gasteiger partial charge in [0, 0.05) is 11.8 Å². The molecule has 1 aromatic rings. The number of anilines is 1. The molecule has 0 spiro atoms. The molecule has 5 heteroatoms. The van der Waals surface area contributed by atoms with E-state index < -0.39 is 5.97 Å². The molecule has 76 valence electrons. The fraction of sp³-hybridized carbons (Fsp3) is 0.222. The average molecular weight is 197 g/mol. The molecule has 1 rings (SSSR count). The predicted molar refractivity (Wildman–Crippen MR) is 50.8 cm³/mol. The van der Waals surface area contributed by atoms with E-state index in [-0.39, 0.29) is 12.3 Å². The standard InChI is InChI=1S/C9H11NO4/c1-14-8-3-2-6(4-7(8)11)10-5-9(12)13/h2-4,10-11H,5H2,1H3,(H,12,13). The van der Waals surface area contributed by atoms with Crippen LogP contribution >= 0.6 is 0 Å². The Morgan fingerprint density at radius 1 is 1.57 bits per heavy atom. The van der Waals surface area contributed by atoms with Crippen LogP contribution in [0.25, 0.3) is 0 Å². The molecule has 0 bridgehead atoms. The van der Waals surface area contributed by atoms with Crippen molar-refractivity contribution in [2.24, 2.45) is 0 Å². The summed E-state index contributed by atoms with van der Waals surface area (Å²) >= 11 is 0. The molecule has 0 unspecified atom stereocenters. The van der Waals surface area contributed by atoms with E-state index in [4.69, 9.17) is 9.84 Å². The highest BCUT2D eigenvalue weighted by molar-refractivity contribution is 5.73. The lowest BCUT2D eigenvalue weighted by Crippen LogP contribution is -2.12. The minimum absolute atomic E-state index is 0.0251. The van der Waals surface area contributed by atoms with Crippen molar-refractivity contribution in [3.05, 3.63) is 18.2 Å². The zero-order valence-corrected chi connectivity index (χ0v) is 7.65. The molecular formula is C9H11NO4. The Bertz CT molecular complexity index is 338. The topological polar surface area (TPSA) is 78.8 Å². The maximum absolute atomic E-state index is 10.2. The number of nitrogens with one attached hydrogen (secondary N) is 1. The van der Waals surface area contributed by atoms with Crippen molar-refractivity contribution in [3.63, 3.8) is 0 Å². The molecule has 0 heterocycles. The van der Waals surface area contributed by atoms with Crippen LogP contribution in [0.1, 0.15) is 0 Å². The van der Waals surface area contributed by atoms with Crippen LogP contribution in [0.2, 0.25) is 0 Å². The lowest BCUT2D eigenvalue weighted by atomic mass is 10.3. The molecular weight excluding hydrogens is 186 g/mol. The van der Waals surface area contributed by atoms with Gasteiger partial charge in [0.15, 0.2) is 11.5 Å². The summed E-state index contributed by atoms with van der Waals surface area (Å²) in [5, 5.41) is 20.4. The van der Waals surface area contributed by atoms with Gasteiger partial charge in [-0.2, -0.15) is 0 Å². The number of methoxy groups -OCH3 is 1. The van der Waals surface area contributed by atoms with Crippen molar-refractivity contribution in [2.75, 3.05) is 19.0 Å². The van der Waals surface area contributed by atoms with Crippen molar-refractivity contribution in [2.45, 2.75) is 0 Å². The highest BCUT2D eigenvalue weighted by Crippen LogP contribution is 2.28. The molecule has 0 aliphatic carbocycles. The van der Waals surface area contributed by atoms with Gasteiger partial charge >= 0.3 is 5.97 Å². The largest absolute Gasteiger partial charge is 0.504 e. The molecule has 14 heavy (non-hydrogen) atoms. The summed E-state index contributed by atoms with van der Waals surface area (Å²) in [7, 11) is 1.44. The first-order valence-electron chi connectivity index (χ1n) is 3.96. The molecule has 0 aliphatic heterocycles. The second kappa shape index (κ2) is 4.36. The Kier molecular flexibility index (Phi) is 3.17. The van der Waals surface area contributed by atoms with Crippen LogP contribution in [0.15, 0.2) is 18.2 Å². The lowest BCUT2D eigenvalue weighted by molar-refractivity contribution is -0.134. The molecule has 5 nitrogen and oxygen atoms in total. The number of phenols is 1. The van der Waals surface area contributed by atoms with Crippen LogP contribution in [-0.2, 0) is 4.79 Å². The third-order valence-corrected chi connectivity index (χ3v) is 1.62. The zero-order valence-electron chi connectivity index (χ0n) is 7.65. The van der Waals surface area contributed by atoms with Gasteiger partial charge in [-0.25, -0.2) is 0 Å². The summed E-state index contributed by atoms with van der Waals surface area (Å²) < 4.78 is 4.83. The Hall–Kier alpha value is -1.91. The van der Waals surface area contributed by atoms with E-state index in [1.807, 2.05) is 0 Å². The Labute approximate surface area is 80.9 Å². The number of aromatic hydroxyl groups is 1. The third-order valence-electron chi connectivity index (χ3n) is 1.62. The number of rotatable bonds is 4. The Morgan fingerprint density at radius 2 is 2.29 bits per heavy atom. The van der Waals surface area contributed by atoms with Crippen molar-refractivity contribution < 1.29 is 19.7 Å². The number of hydrogen-bond donors (Lipinski definition) is 3. The van der Waals surface area contributed by atoms with E-state index in [1.54, 1.807) is 12.1 Å². The fourth-order valence-electron chi connectivity index (χ4n) is 0.978. The van der Waals surface area contributed by atoms with Crippen molar-refractivity contribution in [1.82, 2.24) is 0 Å². The third kappa shape index (κ3) is 2.55. The van der Waals surface area contributed by atoms with E-state index >= 15 is 0 Å². The maximum atomic E-state index is 10.2. The van der Waals surface area contributed by atoms with Gasteiger partial charge in [0.05, 0.1) is 7.11 Å². The average Bonchev–Trinajstić information content (AvgIpc) is 2.15. The first-order valence-corrected chi connectivity index (χ1v) is 3.96. The zero-order chi connectivity index (χ0) is 10.6. The molecule has 1 aromatic carbocycles. The molecule has 0 fully saturated rings. The molecule has 0 aromatic heterocycles. The molecule has 0 saturated carbocycles. The maximum Gasteiger partial charge on any atom is 0.322 e. The number of ether oxygens (including phenoxy) is 1.